The van der Waals surface area contributed by atoms with Crippen molar-refractivity contribution in [2.75, 3.05) is 11.8 Å². The van der Waals surface area contributed by atoms with Gasteiger partial charge in [0.2, 0.25) is 10.0 Å². The van der Waals surface area contributed by atoms with E-state index in [4.69, 9.17) is 0 Å². The first-order valence-corrected chi connectivity index (χ1v) is 9.35. The molecule has 0 aromatic heterocycles. The monoisotopic (exact) mass is 340 g/mol. The van der Waals surface area contributed by atoms with Crippen LogP contribution < -0.4 is 9.44 Å². The first kappa shape index (κ1) is 16.5. The molecule has 22 heavy (non-hydrogen) atoms. The Morgan fingerprint density at radius 3 is 2.05 bits per heavy atom. The number of benzene rings is 2. The second kappa shape index (κ2) is 6.07. The molecular formula is C14H16N2O4S2. The molecular weight excluding hydrogens is 324 g/mol. The summed E-state index contributed by atoms with van der Waals surface area (Å²) >= 11 is 0. The summed E-state index contributed by atoms with van der Waals surface area (Å²) in [5.41, 5.74) is 0.842. The molecule has 2 aromatic carbocycles. The lowest BCUT2D eigenvalue weighted by molar-refractivity contribution is 0.588. The Hall–Kier alpha value is -1.90. The van der Waals surface area contributed by atoms with Crippen LogP contribution in [0.25, 0.3) is 0 Å². The Morgan fingerprint density at radius 2 is 1.45 bits per heavy atom. The van der Waals surface area contributed by atoms with E-state index in [0.717, 1.165) is 0 Å². The molecule has 0 heterocycles. The molecule has 0 fully saturated rings. The second-order valence-electron chi connectivity index (χ2n) is 4.60. The van der Waals surface area contributed by atoms with Crippen molar-refractivity contribution >= 4 is 25.7 Å². The Balaban J connectivity index is 2.44. The Morgan fingerprint density at radius 1 is 0.818 bits per heavy atom. The highest BCUT2D eigenvalue weighted by atomic mass is 32.2. The fourth-order valence-electron chi connectivity index (χ4n) is 1.80. The Bertz CT molecular complexity index is 876. The van der Waals surface area contributed by atoms with Crippen molar-refractivity contribution in [3.05, 3.63) is 54.1 Å². The van der Waals surface area contributed by atoms with Gasteiger partial charge in [-0.25, -0.2) is 21.6 Å². The smallest absolute Gasteiger partial charge is 0.261 e. The second-order valence-corrected chi connectivity index (χ2v) is 8.17. The summed E-state index contributed by atoms with van der Waals surface area (Å²) in [6.45, 7) is 1.69. The van der Waals surface area contributed by atoms with Crippen molar-refractivity contribution in [2.45, 2.75) is 16.7 Å². The van der Waals surface area contributed by atoms with Crippen LogP contribution >= 0.6 is 0 Å². The number of hydrogen-bond donors (Lipinski definition) is 2. The van der Waals surface area contributed by atoms with Crippen molar-refractivity contribution in [2.24, 2.45) is 0 Å². The van der Waals surface area contributed by atoms with Gasteiger partial charge in [-0.2, -0.15) is 0 Å². The third-order valence-electron chi connectivity index (χ3n) is 3.09. The van der Waals surface area contributed by atoms with Gasteiger partial charge in [0, 0.05) is 0 Å². The molecule has 2 N–H and O–H groups in total. The summed E-state index contributed by atoms with van der Waals surface area (Å²) in [7, 11) is -6.12. The molecule has 0 atom stereocenters. The molecule has 2 rings (SSSR count). The zero-order valence-electron chi connectivity index (χ0n) is 12.1. The third-order valence-corrected chi connectivity index (χ3v) is 5.88. The molecule has 0 saturated heterocycles. The van der Waals surface area contributed by atoms with Crippen LogP contribution in [0.15, 0.2) is 58.3 Å². The van der Waals surface area contributed by atoms with Crippen LogP contribution in [0, 0.1) is 6.92 Å². The van der Waals surface area contributed by atoms with Gasteiger partial charge in [-0.15, -0.1) is 0 Å². The molecule has 118 valence electrons. The van der Waals surface area contributed by atoms with E-state index in [1.165, 1.54) is 31.3 Å². The van der Waals surface area contributed by atoms with Gasteiger partial charge in [0.15, 0.2) is 0 Å². The van der Waals surface area contributed by atoms with E-state index in [2.05, 4.69) is 9.44 Å². The molecule has 0 radical (unpaired) electrons. The minimum Gasteiger partial charge on any atom is -0.279 e. The molecule has 0 aliphatic heterocycles. The number of anilines is 1. The first-order valence-electron chi connectivity index (χ1n) is 6.38. The van der Waals surface area contributed by atoms with Crippen molar-refractivity contribution in [1.82, 2.24) is 4.72 Å². The topological polar surface area (TPSA) is 92.3 Å². The van der Waals surface area contributed by atoms with Crippen LogP contribution in [-0.2, 0) is 20.0 Å². The van der Waals surface area contributed by atoms with E-state index < -0.39 is 20.0 Å². The van der Waals surface area contributed by atoms with Gasteiger partial charge < -0.3 is 0 Å². The molecule has 0 aliphatic rings. The Labute approximate surface area is 130 Å². The van der Waals surface area contributed by atoms with E-state index >= 15 is 0 Å². The van der Waals surface area contributed by atoms with Gasteiger partial charge in [0.05, 0.1) is 15.5 Å². The lowest BCUT2D eigenvalue weighted by Crippen LogP contribution is -2.19. The molecule has 6 nitrogen and oxygen atoms in total. The van der Waals surface area contributed by atoms with Gasteiger partial charge >= 0.3 is 0 Å². The lowest BCUT2D eigenvalue weighted by Gasteiger charge is -2.12. The summed E-state index contributed by atoms with van der Waals surface area (Å²) in [6, 6.07) is 12.1. The van der Waals surface area contributed by atoms with E-state index in [0.29, 0.717) is 5.56 Å². The van der Waals surface area contributed by atoms with Gasteiger partial charge in [0.1, 0.15) is 0 Å². The molecule has 0 unspecified atom stereocenters. The molecule has 0 saturated carbocycles. The van der Waals surface area contributed by atoms with E-state index in [1.54, 1.807) is 31.2 Å². The highest BCUT2D eigenvalue weighted by molar-refractivity contribution is 7.92. The predicted molar refractivity (Wildman–Crippen MR) is 84.7 cm³/mol. The summed E-state index contributed by atoms with van der Waals surface area (Å²) in [5, 5.41) is 0. The zero-order chi connectivity index (χ0) is 16.4. The van der Waals surface area contributed by atoms with Gasteiger partial charge in [-0.1, -0.05) is 24.3 Å². The Kier molecular flexibility index (Phi) is 4.55. The molecule has 8 heteroatoms. The van der Waals surface area contributed by atoms with Crippen LogP contribution in [-0.4, -0.2) is 23.9 Å². The normalized spacial score (nSPS) is 12.1. The molecule has 0 amide bonds. The average molecular weight is 340 g/mol. The number of aryl methyl sites for hydroxylation is 1. The summed E-state index contributed by atoms with van der Waals surface area (Å²) in [6.07, 6.45) is 0. The van der Waals surface area contributed by atoms with Crippen molar-refractivity contribution in [3.8, 4) is 0 Å². The van der Waals surface area contributed by atoms with Gasteiger partial charge in [-0.3, -0.25) is 4.72 Å². The maximum atomic E-state index is 12.3. The van der Waals surface area contributed by atoms with Crippen LogP contribution in [0.2, 0.25) is 0 Å². The van der Waals surface area contributed by atoms with Crippen LogP contribution in [0.5, 0.6) is 0 Å². The minimum absolute atomic E-state index is 0.00800. The first-order chi connectivity index (χ1) is 10.3. The molecule has 0 bridgehead atoms. The summed E-state index contributed by atoms with van der Waals surface area (Å²) < 4.78 is 52.9. The number of rotatable bonds is 5. The number of hydrogen-bond acceptors (Lipinski definition) is 4. The summed E-state index contributed by atoms with van der Waals surface area (Å²) in [5.74, 6) is 0. The van der Waals surface area contributed by atoms with Crippen molar-refractivity contribution in [3.63, 3.8) is 0 Å². The zero-order valence-corrected chi connectivity index (χ0v) is 13.7. The van der Waals surface area contributed by atoms with Crippen LogP contribution in [0.3, 0.4) is 0 Å². The van der Waals surface area contributed by atoms with E-state index in [9.17, 15) is 16.8 Å². The van der Waals surface area contributed by atoms with Gasteiger partial charge in [-0.05, 0) is 43.8 Å². The fourth-order valence-corrected chi connectivity index (χ4v) is 3.70. The van der Waals surface area contributed by atoms with Crippen LogP contribution in [0.4, 0.5) is 5.69 Å². The summed E-state index contributed by atoms with van der Waals surface area (Å²) in [4.78, 5) is 0.0997. The van der Waals surface area contributed by atoms with Crippen LogP contribution in [0.1, 0.15) is 5.56 Å². The predicted octanol–water partition coefficient (Wildman–Crippen LogP) is 1.70. The molecule has 0 spiro atoms. The SMILES string of the molecule is CNS(=O)(=O)c1ccc(C)c(NS(=O)(=O)c2ccccc2)c1. The molecule has 2 aromatic rings. The van der Waals surface area contributed by atoms with E-state index in [-0.39, 0.29) is 15.5 Å². The minimum atomic E-state index is -3.77. The van der Waals surface area contributed by atoms with Crippen molar-refractivity contribution in [1.29, 1.82) is 0 Å². The highest BCUT2D eigenvalue weighted by Gasteiger charge is 2.17. The van der Waals surface area contributed by atoms with Crippen molar-refractivity contribution < 1.29 is 16.8 Å². The van der Waals surface area contributed by atoms with E-state index in [1.807, 2.05) is 0 Å². The van der Waals surface area contributed by atoms with Gasteiger partial charge in [0.25, 0.3) is 10.0 Å². The molecule has 0 aliphatic carbocycles. The third kappa shape index (κ3) is 3.46. The standard InChI is InChI=1S/C14H16N2O4S2/c1-11-8-9-13(21(17,18)15-2)10-14(11)16-22(19,20)12-6-4-3-5-7-12/h3-10,15-16H,1-2H3. The number of nitrogens with one attached hydrogen (secondary N) is 2. The average Bonchev–Trinajstić information content (AvgIpc) is 2.50. The highest BCUT2D eigenvalue weighted by Crippen LogP contribution is 2.23. The maximum absolute atomic E-state index is 12.3. The number of sulfonamides is 2. The fraction of sp³-hybridized carbons (Fsp3) is 0.143. The lowest BCUT2D eigenvalue weighted by atomic mass is 10.2. The maximum Gasteiger partial charge on any atom is 0.261 e. The quantitative estimate of drug-likeness (QED) is 0.866. The largest absolute Gasteiger partial charge is 0.279 e.